The number of furan rings is 2. The molecule has 2 heteroatoms. The first-order chi connectivity index (χ1) is 25.8. The molecule has 2 nitrogen and oxygen atoms in total. The molecule has 11 aromatic rings. The zero-order chi connectivity index (χ0) is 33.9. The molecule has 2 aromatic heterocycles. The van der Waals surface area contributed by atoms with Crippen molar-refractivity contribution in [2.24, 2.45) is 0 Å². The van der Waals surface area contributed by atoms with E-state index in [1.807, 2.05) is 6.07 Å². The molecule has 9 aromatic carbocycles. The Labute approximate surface area is 298 Å². The first-order valence-corrected chi connectivity index (χ1v) is 18.1. The fraction of sp³-hybridized carbons (Fsp3) is 0.0400. The maximum atomic E-state index is 6.58. The van der Waals surface area contributed by atoms with E-state index >= 15 is 0 Å². The van der Waals surface area contributed by atoms with Crippen LogP contribution in [0.5, 0.6) is 0 Å². The van der Waals surface area contributed by atoms with Gasteiger partial charge in [-0.25, -0.2) is 0 Å². The van der Waals surface area contributed by atoms with E-state index in [-0.39, 0.29) is 0 Å². The van der Waals surface area contributed by atoms with Gasteiger partial charge in [-0.3, -0.25) is 0 Å². The van der Waals surface area contributed by atoms with Crippen molar-refractivity contribution in [1.82, 2.24) is 0 Å². The lowest BCUT2D eigenvalue weighted by atomic mass is 9.85. The van der Waals surface area contributed by atoms with Crippen LogP contribution in [0.2, 0.25) is 0 Å². The van der Waals surface area contributed by atoms with Crippen molar-refractivity contribution in [2.75, 3.05) is 0 Å². The predicted octanol–water partition coefficient (Wildman–Crippen LogP) is 12.5. The van der Waals surface area contributed by atoms with Crippen molar-refractivity contribution < 1.29 is 8.83 Å². The first-order valence-electron chi connectivity index (χ1n) is 18.1. The molecule has 242 valence electrons. The molecule has 0 amide bonds. The van der Waals surface area contributed by atoms with Crippen molar-refractivity contribution in [3.05, 3.63) is 168 Å². The third-order valence-corrected chi connectivity index (χ3v) is 11.5. The molecule has 2 heterocycles. The fourth-order valence-electron chi connectivity index (χ4n) is 9.24. The van der Waals surface area contributed by atoms with Crippen LogP contribution in [0.15, 0.2) is 160 Å². The molecule has 0 spiro atoms. The summed E-state index contributed by atoms with van der Waals surface area (Å²) < 4.78 is 13.1. The van der Waals surface area contributed by atoms with E-state index in [1.165, 1.54) is 75.6 Å². The van der Waals surface area contributed by atoms with Gasteiger partial charge in [-0.05, 0) is 102 Å². The Bertz CT molecular complexity index is 3470. The minimum Gasteiger partial charge on any atom is -0.456 e. The van der Waals surface area contributed by atoms with Crippen molar-refractivity contribution in [1.29, 1.82) is 0 Å². The molecular formula is C50H30O2. The Morgan fingerprint density at radius 3 is 1.63 bits per heavy atom. The van der Waals surface area contributed by atoms with E-state index in [0.29, 0.717) is 0 Å². The summed E-state index contributed by atoms with van der Waals surface area (Å²) in [4.78, 5) is 0. The summed E-state index contributed by atoms with van der Waals surface area (Å²) in [7, 11) is 0. The van der Waals surface area contributed by atoms with Crippen LogP contribution in [-0.2, 0) is 0 Å². The van der Waals surface area contributed by atoms with E-state index < -0.39 is 0 Å². The first kappa shape index (κ1) is 28.1. The van der Waals surface area contributed by atoms with Gasteiger partial charge < -0.3 is 8.83 Å². The summed E-state index contributed by atoms with van der Waals surface area (Å²) in [5.74, 6) is 0. The van der Waals surface area contributed by atoms with Crippen LogP contribution >= 0.6 is 0 Å². The molecule has 0 bridgehead atoms. The second-order valence-corrected chi connectivity index (χ2v) is 14.2. The molecule has 0 radical (unpaired) electrons. The highest BCUT2D eigenvalue weighted by molar-refractivity contribution is 6.39. The second-order valence-electron chi connectivity index (χ2n) is 14.2. The zero-order valence-corrected chi connectivity index (χ0v) is 28.2. The maximum Gasteiger partial charge on any atom is 0.143 e. The highest BCUT2D eigenvalue weighted by Crippen LogP contribution is 2.46. The molecule has 1 aliphatic rings. The average Bonchev–Trinajstić information content (AvgIpc) is 3.79. The topological polar surface area (TPSA) is 26.3 Å². The Balaban J connectivity index is 1.23. The molecule has 1 aliphatic carbocycles. The minimum absolute atomic E-state index is 0.916. The van der Waals surface area contributed by atoms with Crippen molar-refractivity contribution in [3.63, 3.8) is 0 Å². The van der Waals surface area contributed by atoms with Gasteiger partial charge in [0.25, 0.3) is 0 Å². The molecule has 0 fully saturated rings. The van der Waals surface area contributed by atoms with Gasteiger partial charge in [0.2, 0.25) is 0 Å². The molecule has 52 heavy (non-hydrogen) atoms. The molecule has 12 rings (SSSR count). The van der Waals surface area contributed by atoms with E-state index in [2.05, 4.69) is 152 Å². The Kier molecular flexibility index (Phi) is 5.64. The van der Waals surface area contributed by atoms with Gasteiger partial charge in [-0.1, -0.05) is 133 Å². The number of benzene rings is 9. The normalized spacial score (nSPS) is 13.3. The summed E-state index contributed by atoms with van der Waals surface area (Å²) in [5.41, 5.74) is 8.58. The Morgan fingerprint density at radius 2 is 0.923 bits per heavy atom. The highest BCUT2D eigenvalue weighted by Gasteiger charge is 2.20. The van der Waals surface area contributed by atoms with Crippen LogP contribution in [0.4, 0.5) is 0 Å². The highest BCUT2D eigenvalue weighted by atomic mass is 16.3. The van der Waals surface area contributed by atoms with Gasteiger partial charge in [-0.15, -0.1) is 0 Å². The predicted molar refractivity (Wildman–Crippen MR) is 218 cm³/mol. The van der Waals surface area contributed by atoms with Crippen LogP contribution < -0.4 is 10.6 Å². The van der Waals surface area contributed by atoms with Gasteiger partial charge in [0.05, 0.1) is 0 Å². The summed E-state index contributed by atoms with van der Waals surface area (Å²) in [5, 5.41) is 17.4. The van der Waals surface area contributed by atoms with E-state index in [4.69, 9.17) is 8.83 Å². The number of para-hydroxylation sites is 3. The van der Waals surface area contributed by atoms with Crippen molar-refractivity contribution in [3.8, 4) is 11.1 Å². The van der Waals surface area contributed by atoms with E-state index in [9.17, 15) is 0 Å². The maximum absolute atomic E-state index is 6.58. The van der Waals surface area contributed by atoms with E-state index in [0.717, 1.165) is 56.9 Å². The average molecular weight is 663 g/mol. The van der Waals surface area contributed by atoms with Crippen LogP contribution in [0.1, 0.15) is 18.4 Å². The summed E-state index contributed by atoms with van der Waals surface area (Å²) in [6.07, 6.45) is 4.29. The van der Waals surface area contributed by atoms with Crippen molar-refractivity contribution in [2.45, 2.75) is 12.8 Å². The number of fused-ring (bicyclic) bond motifs is 17. The summed E-state index contributed by atoms with van der Waals surface area (Å²) >= 11 is 0. The standard InChI is InChI=1S/C50H30O2/c1-3-15-39-33(11-1)34-12-2-4-16-40(34)48-44-28-30(32-18-10-20-42-38-14-6-8-22-46(38)52-50(32)42)24-26-36(44)35-25-23-29(27-43(35)47(39)48)31-17-9-19-41-37-13-5-7-21-45(37)51-49(31)41/h1-9,11-17,19-28H,10,18H2. The lowest BCUT2D eigenvalue weighted by Crippen LogP contribution is -2.26. The van der Waals surface area contributed by atoms with Crippen LogP contribution in [-0.4, -0.2) is 0 Å². The molecule has 0 atom stereocenters. The largest absolute Gasteiger partial charge is 0.456 e. The second kappa shape index (κ2) is 10.4. The summed E-state index contributed by atoms with van der Waals surface area (Å²) in [6.45, 7) is 0. The number of rotatable bonds is 2. The SMILES string of the molecule is C1=c2c(oc3ccccc23)=C(c2ccc3c4ccc(-c5cccc6c5oc5ccccc56)cc4c4c5ccccc5c5ccccc5c4c3c2)CC1. The van der Waals surface area contributed by atoms with Crippen molar-refractivity contribution >= 4 is 98.4 Å². The molecule has 0 N–H and O–H groups in total. The van der Waals surface area contributed by atoms with Crippen LogP contribution in [0.25, 0.3) is 110 Å². The zero-order valence-electron chi connectivity index (χ0n) is 28.2. The quantitative estimate of drug-likeness (QED) is 0.172. The smallest absolute Gasteiger partial charge is 0.143 e. The Morgan fingerprint density at radius 1 is 0.385 bits per heavy atom. The minimum atomic E-state index is 0.916. The van der Waals surface area contributed by atoms with E-state index in [1.54, 1.807) is 0 Å². The molecule has 0 unspecified atom stereocenters. The molecule has 0 saturated carbocycles. The van der Waals surface area contributed by atoms with Crippen LogP contribution in [0.3, 0.4) is 0 Å². The van der Waals surface area contributed by atoms with Gasteiger partial charge >= 0.3 is 0 Å². The van der Waals surface area contributed by atoms with Crippen LogP contribution in [0, 0.1) is 0 Å². The molecule has 0 aliphatic heterocycles. The van der Waals surface area contributed by atoms with Gasteiger partial charge in [0, 0.05) is 32.5 Å². The molecule has 0 saturated heterocycles. The lowest BCUT2D eigenvalue weighted by molar-refractivity contribution is 0.568. The van der Waals surface area contributed by atoms with Gasteiger partial charge in [0.1, 0.15) is 22.2 Å². The third kappa shape index (κ3) is 3.79. The van der Waals surface area contributed by atoms with Gasteiger partial charge in [0.15, 0.2) is 0 Å². The summed E-state index contributed by atoms with van der Waals surface area (Å²) in [6, 6.07) is 55.3. The molecular weight excluding hydrogens is 633 g/mol. The fourth-order valence-corrected chi connectivity index (χ4v) is 9.24. The number of hydrogen-bond acceptors (Lipinski definition) is 2. The third-order valence-electron chi connectivity index (χ3n) is 11.5. The number of hydrogen-bond donors (Lipinski definition) is 0. The monoisotopic (exact) mass is 662 g/mol. The van der Waals surface area contributed by atoms with Gasteiger partial charge in [-0.2, -0.15) is 0 Å². The lowest BCUT2D eigenvalue weighted by Gasteiger charge is -2.18. The Hall–Kier alpha value is -6.64.